The predicted octanol–water partition coefficient (Wildman–Crippen LogP) is 0.731. The van der Waals surface area contributed by atoms with Gasteiger partial charge in [0, 0.05) is 33.2 Å². The van der Waals surface area contributed by atoms with Crippen molar-refractivity contribution in [2.24, 2.45) is 0 Å². The maximum Gasteiger partial charge on any atom is 0.231 e. The van der Waals surface area contributed by atoms with E-state index in [1.807, 2.05) is 25.9 Å². The van der Waals surface area contributed by atoms with E-state index in [0.29, 0.717) is 23.9 Å². The van der Waals surface area contributed by atoms with Crippen LogP contribution in [0.25, 0.3) is 0 Å². The van der Waals surface area contributed by atoms with Crippen molar-refractivity contribution in [3.63, 3.8) is 0 Å². The highest BCUT2D eigenvalue weighted by atomic mass is 15.3. The molecule has 0 saturated carbocycles. The average Bonchev–Trinajstić information content (AvgIpc) is 2.35. The smallest absolute Gasteiger partial charge is 0.231 e. The Labute approximate surface area is 115 Å². The summed E-state index contributed by atoms with van der Waals surface area (Å²) >= 11 is 0. The van der Waals surface area contributed by atoms with Crippen LogP contribution in [0, 0.1) is 0 Å². The minimum atomic E-state index is 0.405. The molecule has 1 aromatic heterocycles. The van der Waals surface area contributed by atoms with Crippen LogP contribution in [0.5, 0.6) is 0 Å². The predicted molar refractivity (Wildman–Crippen MR) is 80.0 cm³/mol. The van der Waals surface area contributed by atoms with Crippen molar-refractivity contribution in [1.29, 1.82) is 0 Å². The van der Waals surface area contributed by atoms with Crippen LogP contribution in [-0.4, -0.2) is 67.2 Å². The van der Waals surface area contributed by atoms with Crippen LogP contribution >= 0.6 is 0 Å². The Kier molecular flexibility index (Phi) is 5.75. The molecule has 1 atom stereocenters. The number of hydrogen-bond donors (Lipinski definition) is 2. The summed E-state index contributed by atoms with van der Waals surface area (Å²) < 4.78 is 0. The SMILES string of the molecule is CCNc1nc(NCC(C)N(C)C)nc(N(C)C)n1. The van der Waals surface area contributed by atoms with Crippen LogP contribution in [0.2, 0.25) is 0 Å². The molecule has 1 aromatic rings. The molecule has 0 radical (unpaired) electrons. The van der Waals surface area contributed by atoms with Crippen molar-refractivity contribution >= 4 is 17.8 Å². The molecule has 0 aromatic carbocycles. The van der Waals surface area contributed by atoms with Gasteiger partial charge < -0.3 is 20.4 Å². The van der Waals surface area contributed by atoms with Crippen molar-refractivity contribution in [3.8, 4) is 0 Å². The van der Waals surface area contributed by atoms with E-state index in [0.717, 1.165) is 13.1 Å². The van der Waals surface area contributed by atoms with Gasteiger partial charge >= 0.3 is 0 Å². The molecule has 0 aliphatic rings. The van der Waals surface area contributed by atoms with Crippen LogP contribution in [0.3, 0.4) is 0 Å². The summed E-state index contributed by atoms with van der Waals surface area (Å²) in [7, 11) is 7.93. The lowest BCUT2D eigenvalue weighted by Gasteiger charge is -2.20. The van der Waals surface area contributed by atoms with Crippen molar-refractivity contribution < 1.29 is 0 Å². The van der Waals surface area contributed by atoms with Gasteiger partial charge in [0.15, 0.2) is 0 Å². The third-order valence-corrected chi connectivity index (χ3v) is 2.80. The van der Waals surface area contributed by atoms with E-state index >= 15 is 0 Å². The minimum absolute atomic E-state index is 0.405. The molecule has 0 saturated heterocycles. The number of likely N-dealkylation sites (N-methyl/N-ethyl adjacent to an activating group) is 1. The molecule has 0 aliphatic heterocycles. The fourth-order valence-electron chi connectivity index (χ4n) is 1.30. The monoisotopic (exact) mass is 267 g/mol. The molecule has 1 heterocycles. The highest BCUT2D eigenvalue weighted by Gasteiger charge is 2.09. The Bertz CT molecular complexity index is 392. The Morgan fingerprint density at radius 2 is 1.58 bits per heavy atom. The van der Waals surface area contributed by atoms with Gasteiger partial charge in [0.05, 0.1) is 0 Å². The number of nitrogens with zero attached hydrogens (tertiary/aromatic N) is 5. The highest BCUT2D eigenvalue weighted by Crippen LogP contribution is 2.11. The Hall–Kier alpha value is -1.63. The molecule has 0 amide bonds. The molecular formula is C12H25N7. The second-order valence-corrected chi connectivity index (χ2v) is 4.90. The Morgan fingerprint density at radius 1 is 1.00 bits per heavy atom. The minimum Gasteiger partial charge on any atom is -0.354 e. The molecule has 0 aliphatic carbocycles. The van der Waals surface area contributed by atoms with Crippen molar-refractivity contribution in [1.82, 2.24) is 19.9 Å². The summed E-state index contributed by atoms with van der Waals surface area (Å²) in [5.74, 6) is 1.84. The fraction of sp³-hybridized carbons (Fsp3) is 0.750. The number of rotatable bonds is 7. The van der Waals surface area contributed by atoms with Gasteiger partial charge in [0.1, 0.15) is 0 Å². The number of hydrogen-bond acceptors (Lipinski definition) is 7. The third-order valence-electron chi connectivity index (χ3n) is 2.80. The molecular weight excluding hydrogens is 242 g/mol. The first-order chi connectivity index (χ1) is 8.93. The summed E-state index contributed by atoms with van der Waals surface area (Å²) in [5.41, 5.74) is 0. The first-order valence-electron chi connectivity index (χ1n) is 6.51. The van der Waals surface area contributed by atoms with Crippen LogP contribution < -0.4 is 15.5 Å². The molecule has 108 valence electrons. The number of nitrogens with one attached hydrogen (secondary N) is 2. The van der Waals surface area contributed by atoms with Gasteiger partial charge in [-0.05, 0) is 27.9 Å². The second-order valence-electron chi connectivity index (χ2n) is 4.90. The van der Waals surface area contributed by atoms with Crippen LogP contribution in [-0.2, 0) is 0 Å². The second kappa shape index (κ2) is 7.08. The lowest BCUT2D eigenvalue weighted by atomic mass is 10.3. The third kappa shape index (κ3) is 4.86. The number of aromatic nitrogens is 3. The molecule has 0 spiro atoms. The quantitative estimate of drug-likeness (QED) is 0.755. The van der Waals surface area contributed by atoms with Gasteiger partial charge in [-0.15, -0.1) is 0 Å². The maximum absolute atomic E-state index is 4.38. The van der Waals surface area contributed by atoms with Crippen LogP contribution in [0.1, 0.15) is 13.8 Å². The molecule has 0 bridgehead atoms. The van der Waals surface area contributed by atoms with E-state index in [1.54, 1.807) is 0 Å². The first-order valence-corrected chi connectivity index (χ1v) is 6.51. The zero-order valence-electron chi connectivity index (χ0n) is 12.7. The average molecular weight is 267 g/mol. The summed E-state index contributed by atoms with van der Waals surface area (Å²) in [5, 5.41) is 6.36. The van der Waals surface area contributed by atoms with Crippen LogP contribution in [0.15, 0.2) is 0 Å². The highest BCUT2D eigenvalue weighted by molar-refractivity contribution is 5.42. The molecule has 19 heavy (non-hydrogen) atoms. The molecule has 2 N–H and O–H groups in total. The van der Waals surface area contributed by atoms with Gasteiger partial charge in [0.2, 0.25) is 17.8 Å². The first kappa shape index (κ1) is 15.4. The van der Waals surface area contributed by atoms with E-state index < -0.39 is 0 Å². The Balaban J connectivity index is 2.81. The van der Waals surface area contributed by atoms with Gasteiger partial charge in [-0.3, -0.25) is 0 Å². The van der Waals surface area contributed by atoms with Gasteiger partial charge in [-0.1, -0.05) is 0 Å². The zero-order valence-corrected chi connectivity index (χ0v) is 12.7. The van der Waals surface area contributed by atoms with Crippen molar-refractivity contribution in [3.05, 3.63) is 0 Å². The molecule has 7 heteroatoms. The van der Waals surface area contributed by atoms with Crippen LogP contribution in [0.4, 0.5) is 17.8 Å². The fourth-order valence-corrected chi connectivity index (χ4v) is 1.30. The molecule has 7 nitrogen and oxygen atoms in total. The van der Waals surface area contributed by atoms with E-state index in [-0.39, 0.29) is 0 Å². The summed E-state index contributed by atoms with van der Waals surface area (Å²) in [4.78, 5) is 17.1. The normalized spacial score (nSPS) is 12.4. The van der Waals surface area contributed by atoms with E-state index in [1.165, 1.54) is 0 Å². The summed E-state index contributed by atoms with van der Waals surface area (Å²) in [6.45, 7) is 5.73. The molecule has 0 fully saturated rings. The van der Waals surface area contributed by atoms with Crippen molar-refractivity contribution in [2.45, 2.75) is 19.9 Å². The molecule has 1 rings (SSSR count). The Morgan fingerprint density at radius 3 is 2.05 bits per heavy atom. The van der Waals surface area contributed by atoms with E-state index in [4.69, 9.17) is 0 Å². The van der Waals surface area contributed by atoms with Gasteiger partial charge in [0.25, 0.3) is 0 Å². The lowest BCUT2D eigenvalue weighted by Crippen LogP contribution is -2.32. The lowest BCUT2D eigenvalue weighted by molar-refractivity contribution is 0.325. The van der Waals surface area contributed by atoms with E-state index in [2.05, 4.69) is 51.5 Å². The van der Waals surface area contributed by atoms with Gasteiger partial charge in [-0.25, -0.2) is 0 Å². The maximum atomic E-state index is 4.38. The van der Waals surface area contributed by atoms with Gasteiger partial charge in [-0.2, -0.15) is 15.0 Å². The largest absolute Gasteiger partial charge is 0.354 e. The summed E-state index contributed by atoms with van der Waals surface area (Å²) in [6, 6.07) is 0.405. The molecule has 1 unspecified atom stereocenters. The summed E-state index contributed by atoms with van der Waals surface area (Å²) in [6.07, 6.45) is 0. The zero-order chi connectivity index (χ0) is 14.4. The topological polar surface area (TPSA) is 69.2 Å². The van der Waals surface area contributed by atoms with Crippen molar-refractivity contribution in [2.75, 3.05) is 56.8 Å². The van der Waals surface area contributed by atoms with E-state index in [9.17, 15) is 0 Å². The number of anilines is 3. The standard InChI is InChI=1S/C12H25N7/c1-7-13-10-15-11(14-8-9(2)18(3)4)17-12(16-10)19(5)6/h9H,7-8H2,1-6H3,(H2,13,14,15,16,17).